The Balaban J connectivity index is 1.87. The Hall–Kier alpha value is -2.00. The molecule has 1 atom stereocenters. The van der Waals surface area contributed by atoms with Gasteiger partial charge in [-0.15, -0.1) is 0 Å². The minimum absolute atomic E-state index is 0.0166. The number of carbonyl (C=O) groups excluding carboxylic acids is 1. The zero-order valence-corrected chi connectivity index (χ0v) is 13.8. The lowest BCUT2D eigenvalue weighted by Crippen LogP contribution is -2.31. The molecule has 0 aliphatic heterocycles. The summed E-state index contributed by atoms with van der Waals surface area (Å²) in [6.45, 7) is 5.87. The van der Waals surface area contributed by atoms with Crippen LogP contribution in [-0.2, 0) is 4.79 Å². The number of rotatable bonds is 5. The molecular formula is C18H20ClNO2. The second kappa shape index (κ2) is 7.32. The molecule has 0 bridgehead atoms. The maximum Gasteiger partial charge on any atom is 0.258 e. The van der Waals surface area contributed by atoms with E-state index in [1.807, 2.05) is 51.1 Å². The third kappa shape index (κ3) is 4.50. The molecular weight excluding hydrogens is 298 g/mol. The third-order valence-corrected chi connectivity index (χ3v) is 3.88. The fourth-order valence-electron chi connectivity index (χ4n) is 2.08. The van der Waals surface area contributed by atoms with Gasteiger partial charge in [-0.2, -0.15) is 0 Å². The second-order valence-corrected chi connectivity index (χ2v) is 5.81. The predicted octanol–water partition coefficient (Wildman–Crippen LogP) is 4.21. The standard InChI is InChI=1S/C18H20ClNO2/c1-12-4-6-15(7-5-12)14(3)20-18(21)11-22-16-8-9-17(19)13(2)10-16/h4-10,14H,11H2,1-3H3,(H,20,21)/t14-/m1/s1. The van der Waals surface area contributed by atoms with Gasteiger partial charge >= 0.3 is 0 Å². The first-order valence-electron chi connectivity index (χ1n) is 7.20. The summed E-state index contributed by atoms with van der Waals surface area (Å²) in [4.78, 5) is 12.0. The van der Waals surface area contributed by atoms with Crippen LogP contribution >= 0.6 is 11.6 Å². The van der Waals surface area contributed by atoms with Gasteiger partial charge in [-0.1, -0.05) is 41.4 Å². The zero-order valence-electron chi connectivity index (χ0n) is 13.0. The van der Waals surface area contributed by atoms with Crippen LogP contribution in [0.5, 0.6) is 5.75 Å². The molecule has 0 aliphatic rings. The molecule has 4 heteroatoms. The normalized spacial score (nSPS) is 11.8. The van der Waals surface area contributed by atoms with Gasteiger partial charge in [-0.05, 0) is 50.1 Å². The molecule has 0 radical (unpaired) electrons. The molecule has 2 aromatic carbocycles. The summed E-state index contributed by atoms with van der Waals surface area (Å²) in [5.74, 6) is 0.487. The molecule has 0 saturated heterocycles. The molecule has 0 saturated carbocycles. The lowest BCUT2D eigenvalue weighted by molar-refractivity contribution is -0.123. The first kappa shape index (κ1) is 16.4. The fraction of sp³-hybridized carbons (Fsp3) is 0.278. The number of halogens is 1. The van der Waals surface area contributed by atoms with Gasteiger partial charge in [0.1, 0.15) is 5.75 Å². The number of hydrogen-bond acceptors (Lipinski definition) is 2. The van der Waals surface area contributed by atoms with Gasteiger partial charge in [0.05, 0.1) is 6.04 Å². The van der Waals surface area contributed by atoms with E-state index < -0.39 is 0 Å². The van der Waals surface area contributed by atoms with Crippen molar-refractivity contribution in [3.8, 4) is 5.75 Å². The molecule has 0 spiro atoms. The van der Waals surface area contributed by atoms with Gasteiger partial charge < -0.3 is 10.1 Å². The lowest BCUT2D eigenvalue weighted by atomic mass is 10.1. The molecule has 0 aliphatic carbocycles. The molecule has 1 N–H and O–H groups in total. The van der Waals surface area contributed by atoms with Gasteiger partial charge in [-0.3, -0.25) is 4.79 Å². The zero-order chi connectivity index (χ0) is 16.1. The minimum atomic E-state index is -0.152. The number of hydrogen-bond donors (Lipinski definition) is 1. The highest BCUT2D eigenvalue weighted by atomic mass is 35.5. The summed E-state index contributed by atoms with van der Waals surface area (Å²) in [6.07, 6.45) is 0. The summed E-state index contributed by atoms with van der Waals surface area (Å²) in [5, 5.41) is 3.61. The largest absolute Gasteiger partial charge is 0.484 e. The van der Waals surface area contributed by atoms with E-state index >= 15 is 0 Å². The number of amides is 1. The van der Waals surface area contributed by atoms with Crippen LogP contribution in [0.4, 0.5) is 0 Å². The van der Waals surface area contributed by atoms with E-state index in [0.717, 1.165) is 11.1 Å². The average molecular weight is 318 g/mol. The number of aryl methyl sites for hydroxylation is 2. The monoisotopic (exact) mass is 317 g/mol. The number of ether oxygens (including phenoxy) is 1. The molecule has 0 aromatic heterocycles. The Morgan fingerprint density at radius 1 is 1.18 bits per heavy atom. The highest BCUT2D eigenvalue weighted by Crippen LogP contribution is 2.21. The van der Waals surface area contributed by atoms with Crippen molar-refractivity contribution in [2.75, 3.05) is 6.61 Å². The topological polar surface area (TPSA) is 38.3 Å². The molecule has 0 heterocycles. The van der Waals surface area contributed by atoms with E-state index in [4.69, 9.17) is 16.3 Å². The number of carbonyl (C=O) groups is 1. The quantitative estimate of drug-likeness (QED) is 0.897. The van der Waals surface area contributed by atoms with Crippen LogP contribution in [0.1, 0.15) is 29.7 Å². The summed E-state index contributed by atoms with van der Waals surface area (Å²) >= 11 is 5.96. The van der Waals surface area contributed by atoms with E-state index in [1.165, 1.54) is 5.56 Å². The molecule has 22 heavy (non-hydrogen) atoms. The van der Waals surface area contributed by atoms with Crippen LogP contribution in [0, 0.1) is 13.8 Å². The minimum Gasteiger partial charge on any atom is -0.484 e. The Kier molecular flexibility index (Phi) is 5.45. The van der Waals surface area contributed by atoms with Crippen molar-refractivity contribution in [1.29, 1.82) is 0 Å². The maximum atomic E-state index is 12.0. The van der Waals surface area contributed by atoms with E-state index in [9.17, 15) is 4.79 Å². The smallest absolute Gasteiger partial charge is 0.258 e. The van der Waals surface area contributed by atoms with Crippen molar-refractivity contribution < 1.29 is 9.53 Å². The molecule has 3 nitrogen and oxygen atoms in total. The maximum absolute atomic E-state index is 12.0. The summed E-state index contributed by atoms with van der Waals surface area (Å²) in [7, 11) is 0. The van der Waals surface area contributed by atoms with E-state index in [-0.39, 0.29) is 18.6 Å². The Morgan fingerprint density at radius 2 is 1.86 bits per heavy atom. The van der Waals surface area contributed by atoms with Gasteiger partial charge in [0, 0.05) is 5.02 Å². The van der Waals surface area contributed by atoms with Crippen LogP contribution in [0.2, 0.25) is 5.02 Å². The first-order valence-corrected chi connectivity index (χ1v) is 7.58. The van der Waals surface area contributed by atoms with E-state index in [1.54, 1.807) is 12.1 Å². The van der Waals surface area contributed by atoms with Crippen LogP contribution in [0.25, 0.3) is 0 Å². The summed E-state index contributed by atoms with van der Waals surface area (Å²) in [5.41, 5.74) is 3.19. The molecule has 116 valence electrons. The second-order valence-electron chi connectivity index (χ2n) is 5.40. The van der Waals surface area contributed by atoms with Gasteiger partial charge in [-0.25, -0.2) is 0 Å². The average Bonchev–Trinajstić information content (AvgIpc) is 2.49. The van der Waals surface area contributed by atoms with Crippen molar-refractivity contribution in [3.63, 3.8) is 0 Å². The number of benzene rings is 2. The Labute approximate surface area is 136 Å². The summed E-state index contributed by atoms with van der Waals surface area (Å²) < 4.78 is 5.49. The molecule has 0 fully saturated rings. The molecule has 1 amide bonds. The highest BCUT2D eigenvalue weighted by molar-refractivity contribution is 6.31. The van der Waals surface area contributed by atoms with Crippen molar-refractivity contribution in [2.45, 2.75) is 26.8 Å². The predicted molar refractivity (Wildman–Crippen MR) is 89.4 cm³/mol. The Morgan fingerprint density at radius 3 is 2.50 bits per heavy atom. The number of nitrogens with one attached hydrogen (secondary N) is 1. The molecule has 0 unspecified atom stereocenters. The van der Waals surface area contributed by atoms with Gasteiger partial charge in [0.2, 0.25) is 0 Å². The SMILES string of the molecule is Cc1ccc([C@@H](C)NC(=O)COc2ccc(Cl)c(C)c2)cc1. The van der Waals surface area contributed by atoms with Crippen LogP contribution in [-0.4, -0.2) is 12.5 Å². The van der Waals surface area contributed by atoms with Crippen LogP contribution in [0.3, 0.4) is 0 Å². The lowest BCUT2D eigenvalue weighted by Gasteiger charge is -2.15. The van der Waals surface area contributed by atoms with Crippen LogP contribution in [0.15, 0.2) is 42.5 Å². The fourth-order valence-corrected chi connectivity index (χ4v) is 2.20. The molecule has 2 rings (SSSR count). The highest BCUT2D eigenvalue weighted by Gasteiger charge is 2.10. The Bertz CT molecular complexity index is 653. The van der Waals surface area contributed by atoms with Crippen molar-refractivity contribution >= 4 is 17.5 Å². The van der Waals surface area contributed by atoms with Crippen molar-refractivity contribution in [3.05, 3.63) is 64.2 Å². The van der Waals surface area contributed by atoms with Crippen molar-refractivity contribution in [1.82, 2.24) is 5.32 Å². The van der Waals surface area contributed by atoms with Gasteiger partial charge in [0.25, 0.3) is 5.91 Å². The van der Waals surface area contributed by atoms with E-state index in [2.05, 4.69) is 5.32 Å². The summed E-state index contributed by atoms with van der Waals surface area (Å²) in [6, 6.07) is 13.4. The van der Waals surface area contributed by atoms with E-state index in [0.29, 0.717) is 10.8 Å². The van der Waals surface area contributed by atoms with Crippen molar-refractivity contribution in [2.24, 2.45) is 0 Å². The van der Waals surface area contributed by atoms with Gasteiger partial charge in [0.15, 0.2) is 6.61 Å². The first-order chi connectivity index (χ1) is 10.5. The van der Waals surface area contributed by atoms with Crippen LogP contribution < -0.4 is 10.1 Å². The molecule has 2 aromatic rings. The third-order valence-electron chi connectivity index (χ3n) is 3.45.